The molecule has 0 aliphatic heterocycles. The van der Waals surface area contributed by atoms with Crippen molar-refractivity contribution >= 4 is 0 Å². The lowest BCUT2D eigenvalue weighted by molar-refractivity contribution is 0.590. The second-order valence-electron chi connectivity index (χ2n) is 3.70. The number of hydrogen-bond acceptors (Lipinski definition) is 1. The molecule has 0 saturated carbocycles. The number of rotatable bonds is 9. The normalized spacial score (nSPS) is 9.57. The molecule has 0 spiro atoms. The first-order valence-electron chi connectivity index (χ1n) is 5.97. The molecule has 0 rings (SSSR count). The fourth-order valence-corrected chi connectivity index (χ4v) is 1.46. The van der Waals surface area contributed by atoms with Gasteiger partial charge in [0.15, 0.2) is 0 Å². The summed E-state index contributed by atoms with van der Waals surface area (Å²) in [6.45, 7) is 9.11. The molecule has 0 fully saturated rings. The highest BCUT2D eigenvalue weighted by Crippen LogP contribution is 2.04. The van der Waals surface area contributed by atoms with E-state index in [4.69, 9.17) is 0 Å². The second-order valence-corrected chi connectivity index (χ2v) is 3.70. The second kappa shape index (κ2) is 10.4. The molecular formula is C13H25N. The Labute approximate surface area is 89.3 Å². The van der Waals surface area contributed by atoms with Gasteiger partial charge >= 0.3 is 0 Å². The van der Waals surface area contributed by atoms with Gasteiger partial charge in [-0.05, 0) is 12.8 Å². The lowest BCUT2D eigenvalue weighted by atomic mass is 10.1. The van der Waals surface area contributed by atoms with E-state index in [1.165, 1.54) is 38.5 Å². The van der Waals surface area contributed by atoms with Gasteiger partial charge in [-0.15, -0.1) is 5.73 Å². The van der Waals surface area contributed by atoms with E-state index in [1.807, 2.05) is 0 Å². The van der Waals surface area contributed by atoms with Gasteiger partial charge in [-0.3, -0.25) is 0 Å². The van der Waals surface area contributed by atoms with Crippen LogP contribution in [0.3, 0.4) is 0 Å². The van der Waals surface area contributed by atoms with E-state index in [0.29, 0.717) is 0 Å². The molecule has 0 radical (unpaired) electrons. The minimum atomic E-state index is 1.01. The minimum absolute atomic E-state index is 1.01. The highest BCUT2D eigenvalue weighted by Gasteiger charge is 1.92. The van der Waals surface area contributed by atoms with Crippen molar-refractivity contribution < 1.29 is 0 Å². The van der Waals surface area contributed by atoms with Gasteiger partial charge in [0, 0.05) is 6.54 Å². The Morgan fingerprint density at radius 1 is 1.07 bits per heavy atom. The molecular weight excluding hydrogens is 170 g/mol. The molecule has 0 aliphatic rings. The predicted octanol–water partition coefficient (Wildman–Crippen LogP) is 4.02. The van der Waals surface area contributed by atoms with Crippen molar-refractivity contribution in [1.82, 2.24) is 5.32 Å². The van der Waals surface area contributed by atoms with E-state index in [0.717, 1.165) is 18.7 Å². The quantitative estimate of drug-likeness (QED) is 0.433. The average molecular weight is 195 g/mol. The Balaban J connectivity index is 3.17. The number of unbranched alkanes of at least 4 members (excludes halogenated alkanes) is 5. The molecule has 0 atom stereocenters. The molecule has 0 unspecified atom stereocenters. The molecule has 0 amide bonds. The van der Waals surface area contributed by atoms with Crippen molar-refractivity contribution in [3.05, 3.63) is 18.0 Å². The first kappa shape index (κ1) is 13.3. The Morgan fingerprint density at radius 3 is 2.29 bits per heavy atom. The number of allylic oxidation sites excluding steroid dienone is 1. The van der Waals surface area contributed by atoms with E-state index in [9.17, 15) is 0 Å². The maximum atomic E-state index is 3.65. The third-order valence-corrected chi connectivity index (χ3v) is 2.44. The van der Waals surface area contributed by atoms with E-state index >= 15 is 0 Å². The van der Waals surface area contributed by atoms with Crippen LogP contribution in [0.5, 0.6) is 0 Å². The maximum absolute atomic E-state index is 3.65. The zero-order valence-electron chi connectivity index (χ0n) is 9.86. The van der Waals surface area contributed by atoms with Crippen molar-refractivity contribution in [2.75, 3.05) is 6.54 Å². The smallest absolute Gasteiger partial charge is 0.0529 e. The van der Waals surface area contributed by atoms with Crippen LogP contribution < -0.4 is 5.32 Å². The van der Waals surface area contributed by atoms with E-state index in [2.05, 4.69) is 31.5 Å². The van der Waals surface area contributed by atoms with Crippen molar-refractivity contribution in [2.45, 2.75) is 58.8 Å². The molecule has 0 saturated heterocycles. The number of hydrogen-bond donors (Lipinski definition) is 1. The lowest BCUT2D eigenvalue weighted by Crippen LogP contribution is -2.13. The van der Waals surface area contributed by atoms with Crippen LogP contribution in [0.1, 0.15) is 58.8 Å². The molecule has 0 aliphatic carbocycles. The molecule has 0 aromatic heterocycles. The van der Waals surface area contributed by atoms with Gasteiger partial charge in [-0.1, -0.05) is 52.5 Å². The van der Waals surface area contributed by atoms with Crippen molar-refractivity contribution in [2.24, 2.45) is 0 Å². The van der Waals surface area contributed by atoms with Crippen LogP contribution in [0, 0.1) is 0 Å². The van der Waals surface area contributed by atoms with Gasteiger partial charge in [0.25, 0.3) is 0 Å². The highest BCUT2D eigenvalue weighted by atomic mass is 14.9. The minimum Gasteiger partial charge on any atom is -0.382 e. The predicted molar refractivity (Wildman–Crippen MR) is 64.3 cm³/mol. The molecule has 0 aromatic rings. The van der Waals surface area contributed by atoms with Crippen molar-refractivity contribution in [1.29, 1.82) is 0 Å². The zero-order valence-corrected chi connectivity index (χ0v) is 9.86. The van der Waals surface area contributed by atoms with E-state index in [1.54, 1.807) is 0 Å². The summed E-state index contributed by atoms with van der Waals surface area (Å²) in [5.41, 5.74) is 4.07. The fraction of sp³-hybridized carbons (Fsp3) is 0.769. The summed E-state index contributed by atoms with van der Waals surface area (Å²) in [5, 5.41) is 3.35. The van der Waals surface area contributed by atoms with Crippen LogP contribution in [0.2, 0.25) is 0 Å². The summed E-state index contributed by atoms with van der Waals surface area (Å²) >= 11 is 0. The third-order valence-electron chi connectivity index (χ3n) is 2.44. The van der Waals surface area contributed by atoms with Gasteiger partial charge < -0.3 is 5.32 Å². The Morgan fingerprint density at radius 2 is 1.71 bits per heavy atom. The molecule has 14 heavy (non-hydrogen) atoms. The standard InChI is InChI=1S/C13H25N/c1-4-7-8-9-10-11-12-14-13(5-2)6-3/h14H,2,4,6-12H2,1,3H3. The number of nitrogens with one attached hydrogen (secondary N) is 1. The van der Waals surface area contributed by atoms with Crippen LogP contribution in [-0.2, 0) is 0 Å². The fourth-order valence-electron chi connectivity index (χ4n) is 1.46. The van der Waals surface area contributed by atoms with Gasteiger partial charge in [0.2, 0.25) is 0 Å². The summed E-state index contributed by atoms with van der Waals surface area (Å²) in [4.78, 5) is 0. The summed E-state index contributed by atoms with van der Waals surface area (Å²) in [5.74, 6) is 0. The van der Waals surface area contributed by atoms with Gasteiger partial charge in [0.05, 0.1) is 5.70 Å². The Bertz CT molecular complexity index is 166. The molecule has 0 bridgehead atoms. The lowest BCUT2D eigenvalue weighted by Gasteiger charge is -2.06. The largest absolute Gasteiger partial charge is 0.382 e. The third kappa shape index (κ3) is 7.94. The van der Waals surface area contributed by atoms with E-state index < -0.39 is 0 Å². The van der Waals surface area contributed by atoms with Crippen LogP contribution in [-0.4, -0.2) is 6.54 Å². The average Bonchev–Trinajstić information content (AvgIpc) is 2.22. The summed E-state index contributed by atoms with van der Waals surface area (Å²) in [6, 6.07) is 0. The van der Waals surface area contributed by atoms with E-state index in [-0.39, 0.29) is 0 Å². The molecule has 1 nitrogen and oxygen atoms in total. The zero-order chi connectivity index (χ0) is 10.6. The van der Waals surface area contributed by atoms with Gasteiger partial charge in [-0.2, -0.15) is 0 Å². The van der Waals surface area contributed by atoms with Crippen molar-refractivity contribution in [3.8, 4) is 0 Å². The summed E-state index contributed by atoms with van der Waals surface area (Å²) in [7, 11) is 0. The van der Waals surface area contributed by atoms with Crippen molar-refractivity contribution in [3.63, 3.8) is 0 Å². The molecule has 1 N–H and O–H groups in total. The van der Waals surface area contributed by atoms with Crippen LogP contribution >= 0.6 is 0 Å². The highest BCUT2D eigenvalue weighted by molar-refractivity contribution is 4.94. The summed E-state index contributed by atoms with van der Waals surface area (Å²) < 4.78 is 0. The van der Waals surface area contributed by atoms with Gasteiger partial charge in [0.1, 0.15) is 0 Å². The van der Waals surface area contributed by atoms with Gasteiger partial charge in [-0.25, -0.2) is 0 Å². The first-order valence-corrected chi connectivity index (χ1v) is 5.97. The monoisotopic (exact) mass is 195 g/mol. The molecule has 0 aromatic carbocycles. The summed E-state index contributed by atoms with van der Waals surface area (Å²) in [6.07, 6.45) is 9.14. The van der Waals surface area contributed by atoms with Crippen LogP contribution in [0.4, 0.5) is 0 Å². The molecule has 0 heterocycles. The Hall–Kier alpha value is -0.680. The first-order chi connectivity index (χ1) is 6.85. The SMILES string of the molecule is C=C=C(CC)NCCCCCCCC. The van der Waals surface area contributed by atoms with Crippen LogP contribution in [0.25, 0.3) is 0 Å². The topological polar surface area (TPSA) is 12.0 Å². The maximum Gasteiger partial charge on any atom is 0.0529 e. The molecule has 1 heteroatoms. The molecule has 82 valence electrons. The van der Waals surface area contributed by atoms with Crippen LogP contribution in [0.15, 0.2) is 18.0 Å². The Kier molecular flexibility index (Phi) is 9.90.